The molecule has 0 aliphatic carbocycles. The van der Waals surface area contributed by atoms with Gasteiger partial charge in [0, 0.05) is 29.8 Å². The lowest BCUT2D eigenvalue weighted by Crippen LogP contribution is -2.25. The molecule has 10 heteroatoms. The van der Waals surface area contributed by atoms with Crippen LogP contribution in [-0.2, 0) is 11.2 Å². The number of aromatic carboxylic acids is 1. The highest BCUT2D eigenvalue weighted by Crippen LogP contribution is 2.22. The summed E-state index contributed by atoms with van der Waals surface area (Å²) >= 11 is 0. The Bertz CT molecular complexity index is 862. The molecule has 10 nitrogen and oxygen atoms in total. The van der Waals surface area contributed by atoms with Crippen LogP contribution in [0.4, 0.5) is 17.1 Å². The molecule has 2 aromatic rings. The molecule has 0 aliphatic heterocycles. The summed E-state index contributed by atoms with van der Waals surface area (Å²) in [6.07, 6.45) is -0.201. The Labute approximate surface area is 140 Å². The van der Waals surface area contributed by atoms with Gasteiger partial charge in [-0.2, -0.15) is 0 Å². The number of rotatable bonds is 6. The van der Waals surface area contributed by atoms with Crippen molar-refractivity contribution in [2.75, 3.05) is 5.32 Å². The van der Waals surface area contributed by atoms with Crippen LogP contribution >= 0.6 is 0 Å². The zero-order valence-electron chi connectivity index (χ0n) is 12.5. The van der Waals surface area contributed by atoms with Crippen molar-refractivity contribution in [3.8, 4) is 0 Å². The monoisotopic (exact) mass is 344 g/mol. The fraction of sp³-hybridized carbons (Fsp3) is 0.0667. The highest BCUT2D eigenvalue weighted by Gasteiger charge is 2.14. The SMILES string of the molecule is O=C(Cc1ccc([N+](=O)[O-])cc1)Nc1cc([N+](=O)[O-])ccc1C(=O)[O-]. The fourth-order valence-electron chi connectivity index (χ4n) is 2.04. The van der Waals surface area contributed by atoms with Crippen LogP contribution < -0.4 is 10.4 Å². The number of amides is 1. The molecule has 0 saturated carbocycles. The number of benzene rings is 2. The second-order valence-electron chi connectivity index (χ2n) is 4.92. The van der Waals surface area contributed by atoms with Crippen molar-refractivity contribution in [2.24, 2.45) is 0 Å². The van der Waals surface area contributed by atoms with Crippen molar-refractivity contribution in [1.29, 1.82) is 0 Å². The highest BCUT2D eigenvalue weighted by atomic mass is 16.6. The van der Waals surface area contributed by atoms with Crippen molar-refractivity contribution < 1.29 is 24.5 Å². The third kappa shape index (κ3) is 4.34. The summed E-state index contributed by atoms with van der Waals surface area (Å²) in [5.74, 6) is -2.24. The molecule has 1 amide bonds. The average Bonchev–Trinajstić information content (AvgIpc) is 2.54. The van der Waals surface area contributed by atoms with E-state index in [4.69, 9.17) is 0 Å². The number of hydrogen-bond donors (Lipinski definition) is 1. The summed E-state index contributed by atoms with van der Waals surface area (Å²) in [5, 5.41) is 34.7. The molecule has 0 unspecified atom stereocenters. The van der Waals surface area contributed by atoms with E-state index in [-0.39, 0.29) is 17.8 Å². The minimum Gasteiger partial charge on any atom is -0.545 e. The Kier molecular flexibility index (Phi) is 5.03. The molecule has 0 fully saturated rings. The molecule has 1 N–H and O–H groups in total. The topological polar surface area (TPSA) is 156 Å². The Morgan fingerprint density at radius 1 is 0.920 bits per heavy atom. The Morgan fingerprint density at radius 2 is 1.48 bits per heavy atom. The second-order valence-corrected chi connectivity index (χ2v) is 4.92. The van der Waals surface area contributed by atoms with Crippen LogP contribution in [0.5, 0.6) is 0 Å². The third-order valence-corrected chi connectivity index (χ3v) is 3.22. The van der Waals surface area contributed by atoms with Gasteiger partial charge >= 0.3 is 0 Å². The standard InChI is InChI=1S/C15H11N3O7/c19-14(7-9-1-3-10(4-2-9)17(22)23)16-13-8-11(18(24)25)5-6-12(13)15(20)21/h1-6,8H,7H2,(H,16,19)(H,20,21)/p-1. The number of carboxylic acids is 1. The number of carbonyl (C=O) groups is 2. The Hall–Kier alpha value is -3.82. The lowest BCUT2D eigenvalue weighted by Gasteiger charge is -2.11. The van der Waals surface area contributed by atoms with E-state index in [1.54, 1.807) is 0 Å². The average molecular weight is 344 g/mol. The van der Waals surface area contributed by atoms with E-state index in [9.17, 15) is 34.9 Å². The van der Waals surface area contributed by atoms with E-state index in [1.807, 2.05) is 0 Å². The molecule has 0 aliphatic rings. The quantitative estimate of drug-likeness (QED) is 0.606. The molecule has 0 atom stereocenters. The van der Waals surface area contributed by atoms with Crippen molar-refractivity contribution in [2.45, 2.75) is 6.42 Å². The van der Waals surface area contributed by atoms with Crippen LogP contribution in [0.1, 0.15) is 15.9 Å². The van der Waals surface area contributed by atoms with Gasteiger partial charge in [-0.3, -0.25) is 25.0 Å². The molecule has 0 bridgehead atoms. The molecule has 0 saturated heterocycles. The predicted octanol–water partition coefficient (Wildman–Crippen LogP) is 1.05. The molecule has 0 spiro atoms. The molecule has 128 valence electrons. The maximum absolute atomic E-state index is 12.0. The minimum absolute atomic E-state index is 0.137. The van der Waals surface area contributed by atoms with Gasteiger partial charge in [-0.05, 0) is 11.6 Å². The maximum Gasteiger partial charge on any atom is 0.271 e. The van der Waals surface area contributed by atoms with Gasteiger partial charge in [-0.15, -0.1) is 0 Å². The van der Waals surface area contributed by atoms with Gasteiger partial charge < -0.3 is 15.2 Å². The van der Waals surface area contributed by atoms with Gasteiger partial charge in [0.25, 0.3) is 11.4 Å². The van der Waals surface area contributed by atoms with Crippen LogP contribution in [0.3, 0.4) is 0 Å². The van der Waals surface area contributed by atoms with E-state index in [1.165, 1.54) is 24.3 Å². The van der Waals surface area contributed by atoms with Crippen molar-refractivity contribution in [1.82, 2.24) is 0 Å². The first-order valence-electron chi connectivity index (χ1n) is 6.81. The molecule has 2 rings (SSSR count). The summed E-state index contributed by atoms with van der Waals surface area (Å²) < 4.78 is 0. The van der Waals surface area contributed by atoms with Crippen LogP contribution in [0.2, 0.25) is 0 Å². The van der Waals surface area contributed by atoms with Crippen LogP contribution in [-0.4, -0.2) is 21.7 Å². The molecule has 25 heavy (non-hydrogen) atoms. The first-order chi connectivity index (χ1) is 11.8. The van der Waals surface area contributed by atoms with E-state index < -0.39 is 33.0 Å². The summed E-state index contributed by atoms with van der Waals surface area (Å²) in [7, 11) is 0. The zero-order chi connectivity index (χ0) is 18.6. The number of nitro benzene ring substituents is 2. The number of carbonyl (C=O) groups excluding carboxylic acids is 2. The van der Waals surface area contributed by atoms with E-state index in [0.29, 0.717) is 5.56 Å². The number of non-ortho nitro benzene ring substituents is 2. The third-order valence-electron chi connectivity index (χ3n) is 3.22. The minimum atomic E-state index is -1.60. The van der Waals surface area contributed by atoms with Gasteiger partial charge in [-0.1, -0.05) is 12.1 Å². The van der Waals surface area contributed by atoms with Crippen molar-refractivity contribution in [3.63, 3.8) is 0 Å². The molecular formula is C15H10N3O7-. The van der Waals surface area contributed by atoms with Crippen LogP contribution in [0, 0.1) is 20.2 Å². The predicted molar refractivity (Wildman–Crippen MR) is 82.9 cm³/mol. The fourth-order valence-corrected chi connectivity index (χ4v) is 2.04. The number of anilines is 1. The molecule has 0 aromatic heterocycles. The number of hydrogen-bond acceptors (Lipinski definition) is 7. The summed E-state index contributed by atoms with van der Waals surface area (Å²) in [4.78, 5) is 43.1. The number of nitrogens with one attached hydrogen (secondary N) is 1. The normalized spacial score (nSPS) is 10.1. The van der Waals surface area contributed by atoms with Crippen molar-refractivity contribution in [3.05, 3.63) is 73.8 Å². The van der Waals surface area contributed by atoms with Gasteiger partial charge in [0.1, 0.15) is 0 Å². The van der Waals surface area contributed by atoms with Gasteiger partial charge in [0.05, 0.1) is 27.9 Å². The van der Waals surface area contributed by atoms with E-state index in [2.05, 4.69) is 5.32 Å². The zero-order valence-corrected chi connectivity index (χ0v) is 12.5. The summed E-state index contributed by atoms with van der Waals surface area (Å²) in [6.45, 7) is 0. The van der Waals surface area contributed by atoms with Gasteiger partial charge in [-0.25, -0.2) is 0 Å². The van der Waals surface area contributed by atoms with Gasteiger partial charge in [0.15, 0.2) is 0 Å². The van der Waals surface area contributed by atoms with Crippen molar-refractivity contribution >= 4 is 28.9 Å². The number of nitrogens with zero attached hydrogens (tertiary/aromatic N) is 2. The molecule has 0 radical (unpaired) electrons. The molecule has 2 aromatic carbocycles. The largest absolute Gasteiger partial charge is 0.545 e. The lowest BCUT2D eigenvalue weighted by molar-refractivity contribution is -0.385. The molecule has 0 heterocycles. The lowest BCUT2D eigenvalue weighted by atomic mass is 10.1. The van der Waals surface area contributed by atoms with Crippen LogP contribution in [0.25, 0.3) is 0 Å². The first-order valence-corrected chi connectivity index (χ1v) is 6.81. The second kappa shape index (κ2) is 7.17. The maximum atomic E-state index is 12.0. The Balaban J connectivity index is 2.19. The summed E-state index contributed by atoms with van der Waals surface area (Å²) in [5.41, 5.74) is -0.745. The molecular weight excluding hydrogens is 334 g/mol. The summed E-state index contributed by atoms with van der Waals surface area (Å²) in [6, 6.07) is 8.08. The van der Waals surface area contributed by atoms with E-state index in [0.717, 1.165) is 18.2 Å². The Morgan fingerprint density at radius 3 is 2.00 bits per heavy atom. The highest BCUT2D eigenvalue weighted by molar-refractivity contribution is 6.00. The number of carboxylic acid groups (broad SMARTS) is 1. The first kappa shape index (κ1) is 17.5. The smallest absolute Gasteiger partial charge is 0.271 e. The van der Waals surface area contributed by atoms with E-state index >= 15 is 0 Å². The van der Waals surface area contributed by atoms with Crippen LogP contribution in [0.15, 0.2) is 42.5 Å². The van der Waals surface area contributed by atoms with Gasteiger partial charge in [0.2, 0.25) is 5.91 Å². The number of nitro groups is 2.